The standard InChI is InChI=1S/C40H35Cl2N4O7P/c41-29-11-5-27(6-12-29)21-45-39(49)33-23-43-35-15-9-25(19-31(35)37(33)47)3-1-17-52-54(51)53-18-2-4-26-10-16-36-32(20-26)38(48)34(24-44-36)40(50)46-22-28-7-13-30(42)14-8-28/h5-16,19-20,23-24H,1-4,17-18,21-22H2,(H3-,43,44,45,46,47,48,49,50)/p+1. The summed E-state index contributed by atoms with van der Waals surface area (Å²) in [4.78, 5) is 58.0. The third-order valence-electron chi connectivity index (χ3n) is 8.73. The zero-order valence-corrected chi connectivity index (χ0v) is 31.4. The van der Waals surface area contributed by atoms with Crippen molar-refractivity contribution in [2.45, 2.75) is 38.8 Å². The quantitative estimate of drug-likeness (QED) is 0.0576. The average molecular weight is 787 g/mol. The van der Waals surface area contributed by atoms with Gasteiger partial charge in [0.05, 0.1) is 0 Å². The highest BCUT2D eigenvalue weighted by Gasteiger charge is 2.20. The number of fused-ring (bicyclic) bond motifs is 2. The molecule has 2 amide bonds. The van der Waals surface area contributed by atoms with Gasteiger partial charge in [-0.2, -0.15) is 0 Å². The number of benzene rings is 4. The molecule has 6 aromatic rings. The maximum atomic E-state index is 13.2. The number of amides is 2. The fourth-order valence-corrected chi connectivity index (χ4v) is 6.69. The number of aromatic amines is 2. The summed E-state index contributed by atoms with van der Waals surface area (Å²) in [5.41, 5.74) is 3.94. The van der Waals surface area contributed by atoms with E-state index < -0.39 is 20.1 Å². The van der Waals surface area contributed by atoms with E-state index in [0.717, 1.165) is 22.3 Å². The summed E-state index contributed by atoms with van der Waals surface area (Å²) in [5.74, 6) is -0.963. The first-order valence-corrected chi connectivity index (χ1v) is 19.1. The predicted octanol–water partition coefficient (Wildman–Crippen LogP) is 7.79. The number of pyridine rings is 2. The van der Waals surface area contributed by atoms with Gasteiger partial charge >= 0.3 is 8.25 Å². The summed E-state index contributed by atoms with van der Waals surface area (Å²) in [6.07, 6.45) is 5.00. The lowest BCUT2D eigenvalue weighted by Crippen LogP contribution is -2.28. The number of rotatable bonds is 16. The first-order chi connectivity index (χ1) is 26.1. The van der Waals surface area contributed by atoms with E-state index >= 15 is 0 Å². The maximum Gasteiger partial charge on any atom is 0.697 e. The van der Waals surface area contributed by atoms with Crippen molar-refractivity contribution < 1.29 is 23.2 Å². The number of aryl methyl sites for hydroxylation is 2. The van der Waals surface area contributed by atoms with Crippen LogP contribution >= 0.6 is 31.5 Å². The van der Waals surface area contributed by atoms with Crippen LogP contribution in [0.2, 0.25) is 10.0 Å². The lowest BCUT2D eigenvalue weighted by molar-refractivity contribution is 0.0941. The van der Waals surface area contributed by atoms with Gasteiger partial charge < -0.3 is 20.6 Å². The number of carbonyl (C=O) groups excluding carboxylic acids is 2. The molecule has 0 spiro atoms. The van der Waals surface area contributed by atoms with E-state index in [-0.39, 0.29) is 48.3 Å². The summed E-state index contributed by atoms with van der Waals surface area (Å²) in [5, 5.41) is 7.53. The molecule has 11 nitrogen and oxygen atoms in total. The molecule has 0 radical (unpaired) electrons. The van der Waals surface area contributed by atoms with Gasteiger partial charge in [-0.15, -0.1) is 9.05 Å². The molecule has 0 fully saturated rings. The van der Waals surface area contributed by atoms with Crippen LogP contribution in [0.15, 0.2) is 107 Å². The molecular formula is C40H36Cl2N4O7P+. The number of aromatic nitrogens is 2. The van der Waals surface area contributed by atoms with Crippen molar-refractivity contribution in [1.82, 2.24) is 20.6 Å². The molecular weight excluding hydrogens is 750 g/mol. The highest BCUT2D eigenvalue weighted by Crippen LogP contribution is 2.25. The van der Waals surface area contributed by atoms with Crippen molar-refractivity contribution in [3.63, 3.8) is 0 Å². The Bertz CT molecular complexity index is 2270. The third-order valence-corrected chi connectivity index (χ3v) is 10.0. The number of nitrogens with one attached hydrogen (secondary N) is 4. The molecule has 0 bridgehead atoms. The molecule has 0 atom stereocenters. The van der Waals surface area contributed by atoms with Gasteiger partial charge in [0, 0.05) is 61.9 Å². The van der Waals surface area contributed by atoms with Crippen molar-refractivity contribution >= 4 is 65.1 Å². The smallest absolute Gasteiger partial charge is 0.360 e. The minimum absolute atomic E-state index is 0.0145. The van der Waals surface area contributed by atoms with E-state index in [2.05, 4.69) is 20.6 Å². The van der Waals surface area contributed by atoms with Gasteiger partial charge in [-0.25, -0.2) is 0 Å². The maximum absolute atomic E-state index is 13.2. The summed E-state index contributed by atoms with van der Waals surface area (Å²) in [6, 6.07) is 25.0. The molecule has 0 saturated heterocycles. The SMILES string of the molecule is O=C(NCc1ccc(Cl)cc1)c1c[nH]c2ccc(CCCO[P+](=O)OCCCc3ccc4[nH]cc(C(=O)NCc5ccc(Cl)cc5)c(=O)c4c3)cc2c1=O. The average Bonchev–Trinajstić information content (AvgIpc) is 3.18. The fourth-order valence-electron chi connectivity index (χ4n) is 5.81. The summed E-state index contributed by atoms with van der Waals surface area (Å²) in [7, 11) is -2.34. The lowest BCUT2D eigenvalue weighted by Gasteiger charge is -2.07. The molecule has 0 aliphatic carbocycles. The lowest BCUT2D eigenvalue weighted by atomic mass is 10.0. The Labute approximate surface area is 321 Å². The second-order valence-electron chi connectivity index (χ2n) is 12.5. The predicted molar refractivity (Wildman–Crippen MR) is 211 cm³/mol. The van der Waals surface area contributed by atoms with Gasteiger partial charge in [0.25, 0.3) is 11.8 Å². The first-order valence-electron chi connectivity index (χ1n) is 17.2. The van der Waals surface area contributed by atoms with Crippen LogP contribution in [-0.4, -0.2) is 35.0 Å². The van der Waals surface area contributed by atoms with Crippen LogP contribution < -0.4 is 21.5 Å². The minimum Gasteiger partial charge on any atom is -0.360 e. The molecule has 0 aliphatic rings. The molecule has 4 aromatic carbocycles. The molecule has 2 aromatic heterocycles. The molecule has 0 saturated carbocycles. The topological polar surface area (TPSA) is 159 Å². The Balaban J connectivity index is 0.933. The van der Waals surface area contributed by atoms with Gasteiger partial charge in [0.1, 0.15) is 24.3 Å². The van der Waals surface area contributed by atoms with E-state index in [1.807, 2.05) is 12.1 Å². The highest BCUT2D eigenvalue weighted by molar-refractivity contribution is 7.33. The van der Waals surface area contributed by atoms with E-state index in [4.69, 9.17) is 32.2 Å². The van der Waals surface area contributed by atoms with Crippen LogP contribution in [0.1, 0.15) is 55.8 Å². The zero-order chi connectivity index (χ0) is 38.0. The zero-order valence-electron chi connectivity index (χ0n) is 29.0. The number of halogens is 2. The number of H-pyrrole nitrogens is 2. The number of carbonyl (C=O) groups is 2. The molecule has 54 heavy (non-hydrogen) atoms. The molecule has 6 rings (SSSR count). The summed E-state index contributed by atoms with van der Waals surface area (Å²) in [6.45, 7) is 0.867. The Morgan fingerprint density at radius 1 is 0.593 bits per heavy atom. The van der Waals surface area contributed by atoms with Gasteiger partial charge in [-0.3, -0.25) is 19.2 Å². The van der Waals surface area contributed by atoms with Gasteiger partial charge in [0.15, 0.2) is 0 Å². The van der Waals surface area contributed by atoms with Crippen molar-refractivity contribution in [1.29, 1.82) is 0 Å². The van der Waals surface area contributed by atoms with Crippen LogP contribution in [0, 0.1) is 0 Å². The van der Waals surface area contributed by atoms with Crippen molar-refractivity contribution in [3.8, 4) is 0 Å². The third kappa shape index (κ3) is 10.1. The second kappa shape index (κ2) is 18.2. The number of hydrogen-bond donors (Lipinski definition) is 4. The monoisotopic (exact) mass is 785 g/mol. The van der Waals surface area contributed by atoms with E-state index in [1.165, 1.54) is 12.4 Å². The Kier molecular flexibility index (Phi) is 13.0. The van der Waals surface area contributed by atoms with E-state index in [1.54, 1.807) is 72.8 Å². The fraction of sp³-hybridized carbons (Fsp3) is 0.200. The first kappa shape index (κ1) is 38.6. The summed E-state index contributed by atoms with van der Waals surface area (Å²) < 4.78 is 23.1. The van der Waals surface area contributed by atoms with Gasteiger partial charge in [0.2, 0.25) is 10.9 Å². The minimum atomic E-state index is -2.34. The Morgan fingerprint density at radius 2 is 0.981 bits per heavy atom. The van der Waals surface area contributed by atoms with Crippen molar-refractivity contribution in [2.75, 3.05) is 13.2 Å². The van der Waals surface area contributed by atoms with Crippen LogP contribution in [0.25, 0.3) is 21.8 Å². The highest BCUT2D eigenvalue weighted by atomic mass is 35.5. The summed E-state index contributed by atoms with van der Waals surface area (Å²) >= 11 is 11.8. The van der Waals surface area contributed by atoms with Crippen LogP contribution in [0.3, 0.4) is 0 Å². The van der Waals surface area contributed by atoms with Crippen LogP contribution in [0.4, 0.5) is 0 Å². The molecule has 2 heterocycles. The van der Waals surface area contributed by atoms with Crippen molar-refractivity contribution in [2.24, 2.45) is 0 Å². The molecule has 14 heteroatoms. The van der Waals surface area contributed by atoms with Crippen LogP contribution in [0.5, 0.6) is 0 Å². The molecule has 0 unspecified atom stereocenters. The Hall–Kier alpha value is -5.16. The largest absolute Gasteiger partial charge is 0.697 e. The van der Waals surface area contributed by atoms with E-state index in [9.17, 15) is 23.7 Å². The second-order valence-corrected chi connectivity index (χ2v) is 14.4. The molecule has 4 N–H and O–H groups in total. The molecule has 0 aliphatic heterocycles. The van der Waals surface area contributed by atoms with Crippen molar-refractivity contribution in [3.05, 3.63) is 161 Å². The van der Waals surface area contributed by atoms with Gasteiger partial charge in [-0.1, -0.05) is 59.6 Å². The molecule has 276 valence electrons. The van der Waals surface area contributed by atoms with Crippen LogP contribution in [-0.2, 0) is 39.5 Å². The van der Waals surface area contributed by atoms with E-state index in [0.29, 0.717) is 57.5 Å². The Morgan fingerprint density at radius 3 is 1.39 bits per heavy atom. The normalized spacial score (nSPS) is 11.1. The van der Waals surface area contributed by atoms with Gasteiger partial charge in [-0.05, 0) is 96.5 Å². The number of hydrogen-bond acceptors (Lipinski definition) is 7.